The second-order valence-electron chi connectivity index (χ2n) is 9.09. The van der Waals surface area contributed by atoms with E-state index < -0.39 is 28.6 Å². The third-order valence-corrected chi connectivity index (χ3v) is 7.19. The summed E-state index contributed by atoms with van der Waals surface area (Å²) in [5, 5.41) is 2.70. The predicted octanol–water partition coefficient (Wildman–Crippen LogP) is 4.75. The molecular weight excluding hydrogens is 532 g/mol. The van der Waals surface area contributed by atoms with Gasteiger partial charge >= 0.3 is 0 Å². The van der Waals surface area contributed by atoms with Gasteiger partial charge in [-0.2, -0.15) is 0 Å². The molecule has 0 aliphatic carbocycles. The fraction of sp³-hybridized carbons (Fsp3) is 0.333. The number of halogens is 3. The molecule has 0 saturated carbocycles. The Bertz CT molecular complexity index is 1420. The van der Waals surface area contributed by atoms with E-state index in [0.717, 1.165) is 6.07 Å². The highest BCUT2D eigenvalue weighted by atomic mass is 35.5. The number of hydrogen-bond donors (Lipinski definition) is 2. The number of hydrogen-bond acceptors (Lipinski definition) is 7. The van der Waals surface area contributed by atoms with Gasteiger partial charge in [0.05, 0.1) is 18.3 Å². The van der Waals surface area contributed by atoms with Gasteiger partial charge in [0.1, 0.15) is 35.1 Å². The second-order valence-corrected chi connectivity index (χ2v) is 9.47. The van der Waals surface area contributed by atoms with E-state index in [1.54, 1.807) is 12.1 Å². The molecule has 1 aliphatic rings. The number of aromatic nitrogens is 2. The summed E-state index contributed by atoms with van der Waals surface area (Å²) in [6.45, 7) is 5.80. The maximum absolute atomic E-state index is 14.6. The lowest BCUT2D eigenvalue weighted by atomic mass is 9.85. The van der Waals surface area contributed by atoms with Crippen LogP contribution in [0.1, 0.15) is 26.2 Å². The minimum atomic E-state index is -0.954. The molecule has 1 fully saturated rings. The lowest BCUT2D eigenvalue weighted by Crippen LogP contribution is -2.53. The van der Waals surface area contributed by atoms with Crippen LogP contribution in [-0.2, 0) is 9.59 Å². The van der Waals surface area contributed by atoms with E-state index in [2.05, 4.69) is 21.9 Å². The number of carbonyl (C=O) groups is 2. The van der Waals surface area contributed by atoms with E-state index in [1.807, 2.05) is 6.92 Å². The normalized spacial score (nSPS) is 17.9. The van der Waals surface area contributed by atoms with Crippen LogP contribution < -0.4 is 20.5 Å². The zero-order valence-corrected chi connectivity index (χ0v) is 22.2. The fourth-order valence-corrected chi connectivity index (χ4v) is 4.99. The summed E-state index contributed by atoms with van der Waals surface area (Å²) < 4.78 is 40.2. The molecule has 1 saturated heterocycles. The first-order chi connectivity index (χ1) is 18.7. The van der Waals surface area contributed by atoms with Gasteiger partial charge in [0.25, 0.3) is 0 Å². The summed E-state index contributed by atoms with van der Waals surface area (Å²) >= 11 is 5.73. The Kier molecular flexibility index (Phi) is 8.49. The number of benzene rings is 2. The molecule has 2 heterocycles. The Hall–Kier alpha value is -3.99. The van der Waals surface area contributed by atoms with Crippen molar-refractivity contribution in [2.45, 2.75) is 38.3 Å². The van der Waals surface area contributed by atoms with Crippen LogP contribution in [0.25, 0.3) is 10.9 Å². The highest BCUT2D eigenvalue weighted by Gasteiger charge is 2.38. The molecule has 2 amide bonds. The van der Waals surface area contributed by atoms with E-state index in [9.17, 15) is 18.4 Å². The Morgan fingerprint density at radius 1 is 1.31 bits per heavy atom. The molecule has 0 radical (unpaired) electrons. The zero-order chi connectivity index (χ0) is 28.3. The number of nitrogens with one attached hydrogen (secondary N) is 1. The van der Waals surface area contributed by atoms with Gasteiger partial charge in [-0.25, -0.2) is 18.7 Å². The number of ether oxygens (including phenoxy) is 2. The maximum atomic E-state index is 14.6. The van der Waals surface area contributed by atoms with Crippen LogP contribution in [0.15, 0.2) is 43.2 Å². The van der Waals surface area contributed by atoms with Gasteiger partial charge in [-0.1, -0.05) is 25.1 Å². The molecule has 39 heavy (non-hydrogen) atoms. The molecule has 1 aromatic heterocycles. The number of nitrogens with zero attached hydrogens (tertiary/aromatic N) is 3. The summed E-state index contributed by atoms with van der Waals surface area (Å²) in [6, 6.07) is 4.83. The van der Waals surface area contributed by atoms with Crippen molar-refractivity contribution in [2.24, 2.45) is 11.7 Å². The van der Waals surface area contributed by atoms with Gasteiger partial charge in [-0.3, -0.25) is 9.59 Å². The van der Waals surface area contributed by atoms with E-state index in [-0.39, 0.29) is 29.4 Å². The largest absolute Gasteiger partial charge is 0.493 e. The average molecular weight is 560 g/mol. The summed E-state index contributed by atoms with van der Waals surface area (Å²) in [7, 11) is 1.49. The van der Waals surface area contributed by atoms with Crippen molar-refractivity contribution < 1.29 is 27.8 Å². The zero-order valence-electron chi connectivity index (χ0n) is 21.4. The van der Waals surface area contributed by atoms with Crippen LogP contribution in [0.3, 0.4) is 0 Å². The van der Waals surface area contributed by atoms with Crippen molar-refractivity contribution in [2.75, 3.05) is 19.0 Å². The maximum Gasteiger partial charge on any atom is 0.246 e. The van der Waals surface area contributed by atoms with Gasteiger partial charge in [-0.15, -0.1) is 0 Å². The minimum Gasteiger partial charge on any atom is -0.493 e. The number of primary amides is 1. The first-order valence-corrected chi connectivity index (χ1v) is 12.7. The third-order valence-electron chi connectivity index (χ3n) is 6.84. The quantitative estimate of drug-likeness (QED) is 0.287. The van der Waals surface area contributed by atoms with Crippen molar-refractivity contribution in [3.05, 3.63) is 59.9 Å². The standard InChI is InChI=1S/C27H28ClF2N5O4/c1-4-20(14-8-9-35(23(36)5-2)19(10-14)26(31)37)39-22-11-15-18(12-21(22)38-3)32-13-33-27(15)34-17-7-6-16(29)24(28)25(17)30/h5-7,11-14,19-20H,2,4,8-10H2,1,3H3,(H2,31,37)(H,32,33,34)/t14-,19-,20?/m0/s1. The van der Waals surface area contributed by atoms with Crippen LogP contribution in [0, 0.1) is 17.6 Å². The smallest absolute Gasteiger partial charge is 0.246 e. The predicted molar refractivity (Wildman–Crippen MR) is 143 cm³/mol. The number of fused-ring (bicyclic) bond motifs is 1. The molecule has 9 nitrogen and oxygen atoms in total. The van der Waals surface area contributed by atoms with E-state index in [4.69, 9.17) is 26.8 Å². The first kappa shape index (κ1) is 28.0. The SMILES string of the molecule is C=CC(=O)N1CC[C@H](C(CC)Oc2cc3c(Nc4ccc(F)c(Cl)c4F)ncnc3cc2OC)C[C@H]1C(N)=O. The van der Waals surface area contributed by atoms with Crippen LogP contribution >= 0.6 is 11.6 Å². The number of nitrogens with two attached hydrogens (primary N) is 1. The van der Waals surface area contributed by atoms with Crippen LogP contribution in [-0.4, -0.2) is 52.5 Å². The van der Waals surface area contributed by atoms with Crippen LogP contribution in [0.5, 0.6) is 11.5 Å². The van der Waals surface area contributed by atoms with Gasteiger partial charge in [0.15, 0.2) is 17.3 Å². The topological polar surface area (TPSA) is 120 Å². The molecular formula is C27H28ClF2N5O4. The number of likely N-dealkylation sites (tertiary alicyclic amines) is 1. The van der Waals surface area contributed by atoms with Crippen LogP contribution in [0.2, 0.25) is 5.02 Å². The summed E-state index contributed by atoms with van der Waals surface area (Å²) in [5.41, 5.74) is 6.04. The van der Waals surface area contributed by atoms with Crippen molar-refractivity contribution >= 4 is 45.8 Å². The van der Waals surface area contributed by atoms with Gasteiger partial charge in [0, 0.05) is 18.0 Å². The van der Waals surface area contributed by atoms with Gasteiger partial charge in [0.2, 0.25) is 11.8 Å². The molecule has 3 N–H and O–H groups in total. The first-order valence-electron chi connectivity index (χ1n) is 12.3. The summed E-state index contributed by atoms with van der Waals surface area (Å²) in [4.78, 5) is 34.3. The Labute approximate surface area is 228 Å². The number of methoxy groups -OCH3 is 1. The number of piperidine rings is 1. The molecule has 4 rings (SSSR count). The Morgan fingerprint density at radius 2 is 2.08 bits per heavy atom. The summed E-state index contributed by atoms with van der Waals surface area (Å²) in [5.74, 6) is -1.81. The lowest BCUT2D eigenvalue weighted by Gasteiger charge is -2.40. The molecule has 12 heteroatoms. The Balaban J connectivity index is 1.65. The minimum absolute atomic E-state index is 0.0653. The van der Waals surface area contributed by atoms with E-state index in [0.29, 0.717) is 48.2 Å². The number of rotatable bonds is 9. The molecule has 206 valence electrons. The van der Waals surface area contributed by atoms with Crippen molar-refractivity contribution in [3.63, 3.8) is 0 Å². The van der Waals surface area contributed by atoms with Crippen molar-refractivity contribution in [1.29, 1.82) is 0 Å². The molecule has 0 spiro atoms. The molecule has 1 aliphatic heterocycles. The van der Waals surface area contributed by atoms with Crippen molar-refractivity contribution in [1.82, 2.24) is 14.9 Å². The Morgan fingerprint density at radius 3 is 2.74 bits per heavy atom. The third kappa shape index (κ3) is 5.73. The lowest BCUT2D eigenvalue weighted by molar-refractivity contribution is -0.139. The molecule has 2 aromatic carbocycles. The average Bonchev–Trinajstić information content (AvgIpc) is 2.95. The highest BCUT2D eigenvalue weighted by molar-refractivity contribution is 6.31. The molecule has 1 unspecified atom stereocenters. The molecule has 3 atom stereocenters. The van der Waals surface area contributed by atoms with Crippen molar-refractivity contribution in [3.8, 4) is 11.5 Å². The van der Waals surface area contributed by atoms with Gasteiger partial charge in [-0.05, 0) is 49.5 Å². The monoisotopic (exact) mass is 559 g/mol. The molecule has 3 aromatic rings. The van der Waals surface area contributed by atoms with E-state index >= 15 is 0 Å². The highest BCUT2D eigenvalue weighted by Crippen LogP contribution is 2.38. The molecule has 0 bridgehead atoms. The fourth-order valence-electron chi connectivity index (χ4n) is 4.82. The second kappa shape index (κ2) is 11.8. The van der Waals surface area contributed by atoms with Crippen LogP contribution in [0.4, 0.5) is 20.3 Å². The van der Waals surface area contributed by atoms with Gasteiger partial charge < -0.3 is 25.4 Å². The van der Waals surface area contributed by atoms with E-state index in [1.165, 1.54) is 30.5 Å². The summed E-state index contributed by atoms with van der Waals surface area (Å²) in [6.07, 6.45) is 3.66. The number of carbonyl (C=O) groups excluding carboxylic acids is 2. The number of anilines is 2. The number of amides is 2.